The molecule has 4 heteroatoms. The second-order valence-corrected chi connectivity index (χ2v) is 4.45. The molecule has 1 rings (SSSR count). The van der Waals surface area contributed by atoms with Crippen LogP contribution in [0.4, 0.5) is 0 Å². The van der Waals surface area contributed by atoms with Gasteiger partial charge in [-0.3, -0.25) is 9.59 Å². The van der Waals surface area contributed by atoms with E-state index < -0.39 is 17.4 Å². The second kappa shape index (κ2) is 4.64. The van der Waals surface area contributed by atoms with Gasteiger partial charge in [-0.1, -0.05) is 13.3 Å². The van der Waals surface area contributed by atoms with Crippen molar-refractivity contribution in [3.63, 3.8) is 0 Å². The van der Waals surface area contributed by atoms with Gasteiger partial charge in [0.15, 0.2) is 0 Å². The van der Waals surface area contributed by atoms with Crippen molar-refractivity contribution < 1.29 is 19.8 Å². The van der Waals surface area contributed by atoms with Gasteiger partial charge in [0, 0.05) is 0 Å². The predicted octanol–water partition coefficient (Wildman–Crippen LogP) is 2.13. The lowest BCUT2D eigenvalue weighted by Gasteiger charge is -2.35. The zero-order valence-electron chi connectivity index (χ0n) is 9.03. The fourth-order valence-electron chi connectivity index (χ4n) is 2.47. The molecule has 2 N–H and O–H groups in total. The molecule has 0 aromatic rings. The van der Waals surface area contributed by atoms with E-state index in [-0.39, 0.29) is 5.92 Å². The summed E-state index contributed by atoms with van der Waals surface area (Å²) in [6.45, 7) is 1.97. The van der Waals surface area contributed by atoms with E-state index in [4.69, 9.17) is 5.11 Å². The number of hydrogen-bond acceptors (Lipinski definition) is 2. The van der Waals surface area contributed by atoms with Gasteiger partial charge in [-0.2, -0.15) is 0 Å². The summed E-state index contributed by atoms with van der Waals surface area (Å²) >= 11 is 0. The van der Waals surface area contributed by atoms with E-state index in [0.717, 1.165) is 6.42 Å². The highest BCUT2D eigenvalue weighted by Gasteiger charge is 2.42. The molecule has 4 nitrogen and oxygen atoms in total. The van der Waals surface area contributed by atoms with Crippen LogP contribution in [0.5, 0.6) is 0 Å². The van der Waals surface area contributed by atoms with Gasteiger partial charge in [0.1, 0.15) is 0 Å². The number of carboxylic acid groups (broad SMARTS) is 2. The molecule has 1 saturated carbocycles. The number of carbonyl (C=O) groups is 2. The zero-order valence-corrected chi connectivity index (χ0v) is 9.03. The average molecular weight is 214 g/mol. The van der Waals surface area contributed by atoms with Gasteiger partial charge >= 0.3 is 11.9 Å². The zero-order chi connectivity index (χ0) is 11.5. The molecule has 0 heterocycles. The average Bonchev–Trinajstić information content (AvgIpc) is 2.18. The maximum atomic E-state index is 11.2. The lowest BCUT2D eigenvalue weighted by atomic mass is 9.68. The van der Waals surface area contributed by atoms with Gasteiger partial charge < -0.3 is 10.2 Å². The first-order valence-corrected chi connectivity index (χ1v) is 5.48. The van der Waals surface area contributed by atoms with E-state index in [1.807, 2.05) is 6.92 Å². The summed E-state index contributed by atoms with van der Waals surface area (Å²) in [5, 5.41) is 18.0. The number of carboxylic acids is 2. The van der Waals surface area contributed by atoms with Crippen molar-refractivity contribution in [3.05, 3.63) is 0 Å². The first-order chi connectivity index (χ1) is 7.02. The Morgan fingerprint density at radius 1 is 1.27 bits per heavy atom. The minimum absolute atomic E-state index is 0.339. The van der Waals surface area contributed by atoms with Crippen molar-refractivity contribution in [1.82, 2.24) is 0 Å². The van der Waals surface area contributed by atoms with Gasteiger partial charge in [0.2, 0.25) is 0 Å². The molecule has 0 aromatic carbocycles. The quantitative estimate of drug-likeness (QED) is 0.751. The SMILES string of the molecule is CCCC1(C(=O)O)CCC(C(=O)O)CC1. The molecule has 1 aliphatic carbocycles. The van der Waals surface area contributed by atoms with Crippen LogP contribution >= 0.6 is 0 Å². The van der Waals surface area contributed by atoms with E-state index in [1.54, 1.807) is 0 Å². The third-order valence-corrected chi connectivity index (χ3v) is 3.47. The van der Waals surface area contributed by atoms with E-state index in [9.17, 15) is 14.7 Å². The fraction of sp³-hybridized carbons (Fsp3) is 0.818. The highest BCUT2D eigenvalue weighted by atomic mass is 16.4. The van der Waals surface area contributed by atoms with Crippen molar-refractivity contribution in [3.8, 4) is 0 Å². The summed E-state index contributed by atoms with van der Waals surface area (Å²) in [6, 6.07) is 0. The van der Waals surface area contributed by atoms with Gasteiger partial charge in [0.05, 0.1) is 11.3 Å². The first kappa shape index (κ1) is 12.0. The molecule has 0 saturated heterocycles. The maximum Gasteiger partial charge on any atom is 0.309 e. The molecule has 86 valence electrons. The topological polar surface area (TPSA) is 74.6 Å². The van der Waals surface area contributed by atoms with E-state index >= 15 is 0 Å². The Morgan fingerprint density at radius 3 is 2.13 bits per heavy atom. The standard InChI is InChI=1S/C11H18O4/c1-2-5-11(10(14)15)6-3-8(4-7-11)9(12)13/h8H,2-7H2,1H3,(H,12,13)(H,14,15). The van der Waals surface area contributed by atoms with Crippen LogP contribution in [-0.4, -0.2) is 22.2 Å². The van der Waals surface area contributed by atoms with E-state index in [0.29, 0.717) is 32.1 Å². The number of rotatable bonds is 4. The van der Waals surface area contributed by atoms with Gasteiger partial charge in [-0.25, -0.2) is 0 Å². The minimum Gasteiger partial charge on any atom is -0.481 e. The lowest BCUT2D eigenvalue weighted by Crippen LogP contribution is -2.37. The smallest absolute Gasteiger partial charge is 0.309 e. The normalized spacial score (nSPS) is 31.1. The predicted molar refractivity (Wildman–Crippen MR) is 54.6 cm³/mol. The Labute approximate surface area is 89.3 Å². The Hall–Kier alpha value is -1.06. The van der Waals surface area contributed by atoms with Crippen LogP contribution < -0.4 is 0 Å². The monoisotopic (exact) mass is 214 g/mol. The summed E-state index contributed by atoms with van der Waals surface area (Å²) in [4.78, 5) is 21.9. The summed E-state index contributed by atoms with van der Waals surface area (Å²) in [5.74, 6) is -1.88. The van der Waals surface area contributed by atoms with E-state index in [1.165, 1.54) is 0 Å². The molecule has 0 unspecified atom stereocenters. The molecule has 0 atom stereocenters. The minimum atomic E-state index is -0.787. The Morgan fingerprint density at radius 2 is 1.80 bits per heavy atom. The molecule has 0 bridgehead atoms. The fourth-order valence-corrected chi connectivity index (χ4v) is 2.47. The maximum absolute atomic E-state index is 11.2. The molecule has 1 fully saturated rings. The van der Waals surface area contributed by atoms with Gasteiger partial charge in [-0.15, -0.1) is 0 Å². The molecular weight excluding hydrogens is 196 g/mol. The second-order valence-electron chi connectivity index (χ2n) is 4.45. The highest BCUT2D eigenvalue weighted by Crippen LogP contribution is 2.42. The Kier molecular flexibility index (Phi) is 3.72. The van der Waals surface area contributed by atoms with E-state index in [2.05, 4.69) is 0 Å². The summed E-state index contributed by atoms with van der Waals surface area (Å²) in [7, 11) is 0. The van der Waals surface area contributed by atoms with Crippen molar-refractivity contribution in [2.75, 3.05) is 0 Å². The lowest BCUT2D eigenvalue weighted by molar-refractivity contribution is -0.155. The molecular formula is C11H18O4. The molecule has 0 amide bonds. The van der Waals surface area contributed by atoms with Crippen LogP contribution in [0, 0.1) is 11.3 Å². The highest BCUT2D eigenvalue weighted by molar-refractivity contribution is 5.76. The van der Waals surface area contributed by atoms with Gasteiger partial charge in [-0.05, 0) is 32.1 Å². The van der Waals surface area contributed by atoms with Crippen molar-refractivity contribution >= 4 is 11.9 Å². The molecule has 1 aliphatic rings. The molecule has 0 radical (unpaired) electrons. The molecule has 15 heavy (non-hydrogen) atoms. The third kappa shape index (κ3) is 2.49. The Bertz CT molecular complexity index is 251. The van der Waals surface area contributed by atoms with Crippen LogP contribution in [0.15, 0.2) is 0 Å². The van der Waals surface area contributed by atoms with Crippen LogP contribution in [0.2, 0.25) is 0 Å². The van der Waals surface area contributed by atoms with Crippen LogP contribution in [-0.2, 0) is 9.59 Å². The van der Waals surface area contributed by atoms with Crippen LogP contribution in [0.25, 0.3) is 0 Å². The molecule has 0 aliphatic heterocycles. The number of aliphatic carboxylic acids is 2. The molecule has 0 aromatic heterocycles. The van der Waals surface area contributed by atoms with Crippen LogP contribution in [0.3, 0.4) is 0 Å². The summed E-state index contributed by atoms with van der Waals surface area (Å²) in [6.07, 6.45) is 3.52. The largest absolute Gasteiger partial charge is 0.481 e. The molecule has 0 spiro atoms. The summed E-state index contributed by atoms with van der Waals surface area (Å²) < 4.78 is 0. The first-order valence-electron chi connectivity index (χ1n) is 5.48. The third-order valence-electron chi connectivity index (χ3n) is 3.47. The van der Waals surface area contributed by atoms with Crippen molar-refractivity contribution in [1.29, 1.82) is 0 Å². The summed E-state index contributed by atoms with van der Waals surface area (Å²) in [5.41, 5.74) is -0.652. The number of hydrogen-bond donors (Lipinski definition) is 2. The van der Waals surface area contributed by atoms with Gasteiger partial charge in [0.25, 0.3) is 0 Å². The Balaban J connectivity index is 2.65. The van der Waals surface area contributed by atoms with Crippen LogP contribution in [0.1, 0.15) is 45.4 Å². The van der Waals surface area contributed by atoms with Crippen molar-refractivity contribution in [2.45, 2.75) is 45.4 Å². The van der Waals surface area contributed by atoms with Crippen molar-refractivity contribution in [2.24, 2.45) is 11.3 Å².